The van der Waals surface area contributed by atoms with E-state index in [0.717, 1.165) is 24.4 Å². The second-order valence-electron chi connectivity index (χ2n) is 5.42. The van der Waals surface area contributed by atoms with Crippen LogP contribution in [0.15, 0.2) is 29.3 Å². The smallest absolute Gasteiger partial charge is 0.192 e. The van der Waals surface area contributed by atoms with Crippen LogP contribution >= 0.6 is 24.0 Å². The standard InChI is InChI=1S/C15H21N3O2.HI/c1-10-9-18(7-8-19-10)15(16)17-14-11(2)20-13-6-4-3-5-12(13)14;/h3-6,10-11,14H,7-9H2,1-2H3,(H2,16,17);1H. The third-order valence-corrected chi connectivity index (χ3v) is 3.83. The van der Waals surface area contributed by atoms with Gasteiger partial charge in [-0.25, -0.2) is 4.99 Å². The SMILES string of the molecule is CC1CN(C(N)=NC2c3ccccc3OC2C)CCO1.I. The van der Waals surface area contributed by atoms with Crippen LogP contribution in [0.2, 0.25) is 0 Å². The van der Waals surface area contributed by atoms with Gasteiger partial charge in [0.25, 0.3) is 0 Å². The minimum atomic E-state index is -0.0237. The van der Waals surface area contributed by atoms with E-state index in [1.165, 1.54) is 0 Å². The van der Waals surface area contributed by atoms with E-state index in [0.29, 0.717) is 12.6 Å². The van der Waals surface area contributed by atoms with Gasteiger partial charge in [-0.3, -0.25) is 0 Å². The quantitative estimate of drug-likeness (QED) is 0.444. The Bertz CT molecular complexity index is 523. The molecule has 0 radical (unpaired) electrons. The molecule has 0 amide bonds. The van der Waals surface area contributed by atoms with Gasteiger partial charge in [-0.05, 0) is 19.9 Å². The molecule has 0 saturated carbocycles. The maximum atomic E-state index is 6.17. The van der Waals surface area contributed by atoms with Crippen molar-refractivity contribution in [3.05, 3.63) is 29.8 Å². The predicted octanol–water partition coefficient (Wildman–Crippen LogP) is 2.16. The molecule has 1 aromatic carbocycles. The van der Waals surface area contributed by atoms with Crippen molar-refractivity contribution in [2.45, 2.75) is 32.1 Å². The second-order valence-corrected chi connectivity index (χ2v) is 5.42. The molecule has 2 aliphatic rings. The number of hydrogen-bond donors (Lipinski definition) is 1. The number of morpholine rings is 1. The fourth-order valence-corrected chi connectivity index (χ4v) is 2.77. The van der Waals surface area contributed by atoms with E-state index in [1.807, 2.05) is 25.1 Å². The Hall–Kier alpha value is -1.02. The molecule has 21 heavy (non-hydrogen) atoms. The highest BCUT2D eigenvalue weighted by Crippen LogP contribution is 2.38. The Balaban J connectivity index is 0.00000161. The van der Waals surface area contributed by atoms with Crippen molar-refractivity contribution in [2.24, 2.45) is 10.7 Å². The average molecular weight is 403 g/mol. The van der Waals surface area contributed by atoms with Gasteiger partial charge in [0.1, 0.15) is 17.9 Å². The normalized spacial score (nSPS) is 28.6. The van der Waals surface area contributed by atoms with E-state index >= 15 is 0 Å². The molecule has 0 bridgehead atoms. The van der Waals surface area contributed by atoms with E-state index in [-0.39, 0.29) is 42.2 Å². The van der Waals surface area contributed by atoms with Crippen molar-refractivity contribution in [3.8, 4) is 5.75 Å². The zero-order valence-corrected chi connectivity index (χ0v) is 14.7. The van der Waals surface area contributed by atoms with Crippen LogP contribution in [0.25, 0.3) is 0 Å². The maximum Gasteiger partial charge on any atom is 0.192 e. The Morgan fingerprint density at radius 2 is 2.10 bits per heavy atom. The Kier molecular flexibility index (Phi) is 5.32. The van der Waals surface area contributed by atoms with Crippen LogP contribution in [0.1, 0.15) is 25.5 Å². The Labute approximate surface area is 142 Å². The maximum absolute atomic E-state index is 6.17. The number of aliphatic imine (C=N–C) groups is 1. The van der Waals surface area contributed by atoms with Gasteiger partial charge >= 0.3 is 0 Å². The summed E-state index contributed by atoms with van der Waals surface area (Å²) in [5.41, 5.74) is 7.29. The highest BCUT2D eigenvalue weighted by Gasteiger charge is 2.31. The molecule has 1 saturated heterocycles. The number of guanidine groups is 1. The molecule has 3 rings (SSSR count). The number of ether oxygens (including phenoxy) is 2. The number of nitrogens with zero attached hydrogens (tertiary/aromatic N) is 2. The van der Waals surface area contributed by atoms with Crippen LogP contribution in [0.5, 0.6) is 5.75 Å². The fraction of sp³-hybridized carbons (Fsp3) is 0.533. The largest absolute Gasteiger partial charge is 0.488 e. The molecular weight excluding hydrogens is 381 g/mol. The highest BCUT2D eigenvalue weighted by molar-refractivity contribution is 14.0. The molecule has 0 aliphatic carbocycles. The highest BCUT2D eigenvalue weighted by atomic mass is 127. The van der Waals surface area contributed by atoms with Crippen molar-refractivity contribution < 1.29 is 9.47 Å². The molecule has 2 N–H and O–H groups in total. The van der Waals surface area contributed by atoms with Gasteiger partial charge in [0.15, 0.2) is 5.96 Å². The van der Waals surface area contributed by atoms with E-state index in [9.17, 15) is 0 Å². The zero-order valence-electron chi connectivity index (χ0n) is 12.4. The molecule has 3 unspecified atom stereocenters. The van der Waals surface area contributed by atoms with Crippen molar-refractivity contribution in [3.63, 3.8) is 0 Å². The average Bonchev–Trinajstić information content (AvgIpc) is 2.75. The Morgan fingerprint density at radius 3 is 2.86 bits per heavy atom. The molecule has 0 aromatic heterocycles. The van der Waals surface area contributed by atoms with Crippen LogP contribution in [-0.4, -0.2) is 42.8 Å². The molecule has 3 atom stereocenters. The number of halogens is 1. The minimum absolute atomic E-state index is 0. The minimum Gasteiger partial charge on any atom is -0.488 e. The first-order valence-corrected chi connectivity index (χ1v) is 7.10. The lowest BCUT2D eigenvalue weighted by Crippen LogP contribution is -2.48. The van der Waals surface area contributed by atoms with Crippen molar-refractivity contribution in [2.75, 3.05) is 19.7 Å². The summed E-state index contributed by atoms with van der Waals surface area (Å²) in [6.07, 6.45) is 0.214. The van der Waals surface area contributed by atoms with E-state index in [4.69, 9.17) is 20.2 Å². The summed E-state index contributed by atoms with van der Waals surface area (Å²) in [5, 5.41) is 0. The molecule has 5 nitrogen and oxygen atoms in total. The number of para-hydroxylation sites is 1. The van der Waals surface area contributed by atoms with Crippen LogP contribution in [0.4, 0.5) is 0 Å². The lowest BCUT2D eigenvalue weighted by atomic mass is 10.1. The van der Waals surface area contributed by atoms with Crippen LogP contribution in [0.3, 0.4) is 0 Å². The summed E-state index contributed by atoms with van der Waals surface area (Å²) in [6, 6.07) is 8.00. The van der Waals surface area contributed by atoms with Gasteiger partial charge in [0.05, 0.1) is 12.7 Å². The first kappa shape index (κ1) is 16.4. The monoisotopic (exact) mass is 403 g/mol. The topological polar surface area (TPSA) is 60.1 Å². The van der Waals surface area contributed by atoms with Gasteiger partial charge in [-0.15, -0.1) is 24.0 Å². The molecule has 6 heteroatoms. The van der Waals surface area contributed by atoms with Crippen LogP contribution < -0.4 is 10.5 Å². The summed E-state index contributed by atoms with van der Waals surface area (Å²) in [7, 11) is 0. The van der Waals surface area contributed by atoms with Crippen LogP contribution in [0, 0.1) is 0 Å². The third-order valence-electron chi connectivity index (χ3n) is 3.83. The predicted molar refractivity (Wildman–Crippen MR) is 93.3 cm³/mol. The molecule has 2 heterocycles. The summed E-state index contributed by atoms with van der Waals surface area (Å²) in [5.74, 6) is 1.49. The summed E-state index contributed by atoms with van der Waals surface area (Å²) in [4.78, 5) is 6.78. The van der Waals surface area contributed by atoms with Crippen molar-refractivity contribution in [1.29, 1.82) is 0 Å². The molecule has 1 aromatic rings. The van der Waals surface area contributed by atoms with E-state index in [2.05, 4.69) is 17.9 Å². The lowest BCUT2D eigenvalue weighted by Gasteiger charge is -2.32. The second kappa shape index (κ2) is 6.83. The van der Waals surface area contributed by atoms with Gasteiger partial charge in [0, 0.05) is 18.7 Å². The van der Waals surface area contributed by atoms with Gasteiger partial charge in [-0.2, -0.15) is 0 Å². The number of rotatable bonds is 1. The summed E-state index contributed by atoms with van der Waals surface area (Å²) in [6.45, 7) is 6.37. The number of fused-ring (bicyclic) bond motifs is 1. The first-order chi connectivity index (χ1) is 9.65. The molecular formula is C15H22IN3O2. The Morgan fingerprint density at radius 1 is 1.33 bits per heavy atom. The van der Waals surface area contributed by atoms with Crippen molar-refractivity contribution in [1.82, 2.24) is 4.90 Å². The van der Waals surface area contributed by atoms with E-state index < -0.39 is 0 Å². The number of benzene rings is 1. The lowest BCUT2D eigenvalue weighted by molar-refractivity contribution is 0.00515. The molecule has 0 spiro atoms. The molecule has 116 valence electrons. The number of hydrogen-bond acceptors (Lipinski definition) is 3. The van der Waals surface area contributed by atoms with Gasteiger partial charge in [0.2, 0.25) is 0 Å². The molecule has 1 fully saturated rings. The third kappa shape index (κ3) is 3.42. The first-order valence-electron chi connectivity index (χ1n) is 7.10. The number of nitrogens with two attached hydrogens (primary N) is 1. The fourth-order valence-electron chi connectivity index (χ4n) is 2.77. The summed E-state index contributed by atoms with van der Waals surface area (Å²) >= 11 is 0. The van der Waals surface area contributed by atoms with Gasteiger partial charge in [-0.1, -0.05) is 18.2 Å². The van der Waals surface area contributed by atoms with Crippen LogP contribution in [-0.2, 0) is 4.74 Å². The molecule has 2 aliphatic heterocycles. The summed E-state index contributed by atoms with van der Waals surface area (Å²) < 4.78 is 11.4. The van der Waals surface area contributed by atoms with Crippen molar-refractivity contribution >= 4 is 29.9 Å². The zero-order chi connectivity index (χ0) is 14.1. The van der Waals surface area contributed by atoms with Gasteiger partial charge < -0.3 is 20.1 Å². The van der Waals surface area contributed by atoms with E-state index in [1.54, 1.807) is 0 Å².